The summed E-state index contributed by atoms with van der Waals surface area (Å²) in [5.41, 5.74) is 0.420. The zero-order valence-electron chi connectivity index (χ0n) is 7.26. The van der Waals surface area contributed by atoms with Crippen LogP contribution in [0.2, 0.25) is 0 Å². The fourth-order valence-electron chi connectivity index (χ4n) is 1.49. The van der Waals surface area contributed by atoms with Gasteiger partial charge in [0.2, 0.25) is 0 Å². The molecule has 2 heteroatoms. The molecule has 0 heterocycles. The van der Waals surface area contributed by atoms with Crippen molar-refractivity contribution in [2.45, 2.75) is 19.3 Å². The Kier molecular flexibility index (Phi) is 1.81. The number of rotatable bonds is 2. The number of hydrogen-bond donors (Lipinski definition) is 0. The summed E-state index contributed by atoms with van der Waals surface area (Å²) >= 11 is 0. The molecule has 1 aromatic carbocycles. The highest BCUT2D eigenvalue weighted by atomic mass is 19.1. The normalized spacial score (nSPS) is 17.8. The molecule has 2 rings (SSSR count). The molecule has 1 aromatic rings. The molecule has 1 saturated carbocycles. The van der Waals surface area contributed by atoms with Gasteiger partial charge in [0.1, 0.15) is 5.82 Å². The quantitative estimate of drug-likeness (QED) is 0.677. The third kappa shape index (κ3) is 1.55. The molecular weight excluding hydrogens is 165 g/mol. The second-order valence-corrected chi connectivity index (χ2v) is 3.66. The van der Waals surface area contributed by atoms with Gasteiger partial charge in [0.15, 0.2) is 0 Å². The first-order valence-electron chi connectivity index (χ1n) is 4.40. The van der Waals surface area contributed by atoms with E-state index in [-0.39, 0.29) is 11.2 Å². The molecule has 1 fully saturated rings. The number of halogens is 1. The minimum absolute atomic E-state index is 0.191. The fraction of sp³-hybridized carbons (Fsp3) is 0.364. The molecule has 0 aliphatic heterocycles. The summed E-state index contributed by atoms with van der Waals surface area (Å²) in [4.78, 5) is 0. The highest BCUT2D eigenvalue weighted by Gasteiger charge is 2.43. The van der Waals surface area contributed by atoms with Crippen molar-refractivity contribution in [1.29, 1.82) is 5.26 Å². The summed E-state index contributed by atoms with van der Waals surface area (Å²) in [6.45, 7) is 0. The van der Waals surface area contributed by atoms with Gasteiger partial charge in [-0.25, -0.2) is 4.39 Å². The van der Waals surface area contributed by atoms with E-state index in [9.17, 15) is 4.39 Å². The van der Waals surface area contributed by atoms with Crippen molar-refractivity contribution in [3.05, 3.63) is 35.6 Å². The van der Waals surface area contributed by atoms with Crippen LogP contribution in [0.1, 0.15) is 18.4 Å². The SMILES string of the molecule is N#CC1(Cc2ccccc2F)CC1. The van der Waals surface area contributed by atoms with Gasteiger partial charge >= 0.3 is 0 Å². The monoisotopic (exact) mass is 175 g/mol. The third-order valence-electron chi connectivity index (χ3n) is 2.58. The Hall–Kier alpha value is -1.36. The van der Waals surface area contributed by atoms with Crippen LogP contribution in [0, 0.1) is 22.6 Å². The van der Waals surface area contributed by atoms with Crippen molar-refractivity contribution in [2.75, 3.05) is 0 Å². The summed E-state index contributed by atoms with van der Waals surface area (Å²) < 4.78 is 13.2. The van der Waals surface area contributed by atoms with E-state index >= 15 is 0 Å². The number of hydrogen-bond acceptors (Lipinski definition) is 1. The molecule has 13 heavy (non-hydrogen) atoms. The van der Waals surface area contributed by atoms with Crippen LogP contribution >= 0.6 is 0 Å². The Morgan fingerprint density at radius 3 is 2.62 bits per heavy atom. The topological polar surface area (TPSA) is 23.8 Å². The van der Waals surface area contributed by atoms with Crippen LogP contribution < -0.4 is 0 Å². The van der Waals surface area contributed by atoms with Gasteiger partial charge < -0.3 is 0 Å². The van der Waals surface area contributed by atoms with E-state index in [0.29, 0.717) is 12.0 Å². The fourth-order valence-corrected chi connectivity index (χ4v) is 1.49. The smallest absolute Gasteiger partial charge is 0.126 e. The molecule has 0 amide bonds. The van der Waals surface area contributed by atoms with Crippen molar-refractivity contribution in [3.8, 4) is 6.07 Å². The molecular formula is C11H10FN. The predicted molar refractivity (Wildman–Crippen MR) is 47.4 cm³/mol. The average Bonchev–Trinajstić information content (AvgIpc) is 2.90. The van der Waals surface area contributed by atoms with Crippen molar-refractivity contribution < 1.29 is 4.39 Å². The van der Waals surface area contributed by atoms with Gasteiger partial charge in [-0.05, 0) is 30.9 Å². The Balaban J connectivity index is 2.20. The van der Waals surface area contributed by atoms with Crippen molar-refractivity contribution in [2.24, 2.45) is 5.41 Å². The van der Waals surface area contributed by atoms with E-state index in [4.69, 9.17) is 5.26 Å². The highest BCUT2D eigenvalue weighted by molar-refractivity contribution is 5.24. The number of nitriles is 1. The molecule has 0 atom stereocenters. The predicted octanol–water partition coefficient (Wildman–Crippen LogP) is 2.67. The van der Waals surface area contributed by atoms with Gasteiger partial charge in [-0.1, -0.05) is 18.2 Å². The lowest BCUT2D eigenvalue weighted by Crippen LogP contribution is -2.03. The van der Waals surface area contributed by atoms with E-state index < -0.39 is 0 Å². The summed E-state index contributed by atoms with van der Waals surface area (Å²) in [6.07, 6.45) is 2.39. The highest BCUT2D eigenvalue weighted by Crippen LogP contribution is 2.47. The van der Waals surface area contributed by atoms with Gasteiger partial charge in [0.25, 0.3) is 0 Å². The van der Waals surface area contributed by atoms with E-state index in [0.717, 1.165) is 12.8 Å². The first kappa shape index (κ1) is 8.25. The van der Waals surface area contributed by atoms with Crippen LogP contribution in [0.3, 0.4) is 0 Å². The first-order valence-corrected chi connectivity index (χ1v) is 4.40. The Morgan fingerprint density at radius 2 is 2.08 bits per heavy atom. The minimum Gasteiger partial charge on any atom is -0.207 e. The standard InChI is InChI=1S/C11H10FN/c12-10-4-2-1-3-9(10)7-11(8-13)5-6-11/h1-4H,5-7H2. The molecule has 0 saturated heterocycles. The molecule has 1 aliphatic rings. The first-order chi connectivity index (χ1) is 6.26. The molecule has 0 aromatic heterocycles. The van der Waals surface area contributed by atoms with Gasteiger partial charge in [-0.3, -0.25) is 0 Å². The van der Waals surface area contributed by atoms with Crippen LogP contribution in [0.4, 0.5) is 4.39 Å². The molecule has 0 unspecified atom stereocenters. The molecule has 0 N–H and O–H groups in total. The second kappa shape index (κ2) is 2.85. The molecule has 0 radical (unpaired) electrons. The van der Waals surface area contributed by atoms with Crippen LogP contribution in [-0.2, 0) is 6.42 Å². The zero-order chi connectivity index (χ0) is 9.31. The van der Waals surface area contributed by atoms with Crippen LogP contribution in [0.15, 0.2) is 24.3 Å². The number of benzene rings is 1. The summed E-state index contributed by atoms with van der Waals surface area (Å²) in [6, 6.07) is 8.95. The summed E-state index contributed by atoms with van der Waals surface area (Å²) in [5.74, 6) is -0.191. The largest absolute Gasteiger partial charge is 0.207 e. The maximum absolute atomic E-state index is 13.2. The summed E-state index contributed by atoms with van der Waals surface area (Å²) in [7, 11) is 0. The van der Waals surface area contributed by atoms with Crippen LogP contribution in [0.25, 0.3) is 0 Å². The van der Waals surface area contributed by atoms with Gasteiger partial charge in [0.05, 0.1) is 11.5 Å². The molecule has 1 aliphatic carbocycles. The maximum atomic E-state index is 13.2. The van der Waals surface area contributed by atoms with Crippen molar-refractivity contribution in [3.63, 3.8) is 0 Å². The van der Waals surface area contributed by atoms with Crippen molar-refractivity contribution >= 4 is 0 Å². The maximum Gasteiger partial charge on any atom is 0.126 e. The molecule has 1 nitrogen and oxygen atoms in total. The van der Waals surface area contributed by atoms with Crippen molar-refractivity contribution in [1.82, 2.24) is 0 Å². The van der Waals surface area contributed by atoms with Crippen LogP contribution in [0.5, 0.6) is 0 Å². The average molecular weight is 175 g/mol. The minimum atomic E-state index is -0.248. The van der Waals surface area contributed by atoms with E-state index in [1.54, 1.807) is 12.1 Å². The van der Waals surface area contributed by atoms with Gasteiger partial charge in [0, 0.05) is 0 Å². The third-order valence-corrected chi connectivity index (χ3v) is 2.58. The van der Waals surface area contributed by atoms with E-state index in [2.05, 4.69) is 6.07 Å². The van der Waals surface area contributed by atoms with E-state index in [1.165, 1.54) is 6.07 Å². The Labute approximate surface area is 76.8 Å². The molecule has 66 valence electrons. The van der Waals surface area contributed by atoms with E-state index in [1.807, 2.05) is 6.07 Å². The Morgan fingerprint density at radius 1 is 1.38 bits per heavy atom. The number of nitrogens with zero attached hydrogens (tertiary/aromatic N) is 1. The zero-order valence-corrected chi connectivity index (χ0v) is 7.26. The lowest BCUT2D eigenvalue weighted by molar-refractivity contribution is 0.578. The Bertz CT molecular complexity index is 361. The molecule has 0 spiro atoms. The summed E-state index contributed by atoms with van der Waals surface area (Å²) in [5, 5.41) is 8.84. The lowest BCUT2D eigenvalue weighted by atomic mass is 9.98. The lowest BCUT2D eigenvalue weighted by Gasteiger charge is -2.05. The second-order valence-electron chi connectivity index (χ2n) is 3.66. The van der Waals surface area contributed by atoms with Crippen LogP contribution in [-0.4, -0.2) is 0 Å². The molecule has 0 bridgehead atoms. The van der Waals surface area contributed by atoms with Gasteiger partial charge in [-0.15, -0.1) is 0 Å². The van der Waals surface area contributed by atoms with Gasteiger partial charge in [-0.2, -0.15) is 5.26 Å².